The van der Waals surface area contributed by atoms with Crippen molar-refractivity contribution in [3.63, 3.8) is 0 Å². The highest BCUT2D eigenvalue weighted by atomic mass is 35.5. The van der Waals surface area contributed by atoms with Gasteiger partial charge in [0.15, 0.2) is 0 Å². The van der Waals surface area contributed by atoms with Crippen molar-refractivity contribution in [1.82, 2.24) is 0 Å². The lowest BCUT2D eigenvalue weighted by Crippen LogP contribution is -2.20. The summed E-state index contributed by atoms with van der Waals surface area (Å²) in [6.45, 7) is 0. The molecule has 1 unspecified atom stereocenters. The Morgan fingerprint density at radius 3 is 2.75 bits per heavy atom. The fourth-order valence-electron chi connectivity index (χ4n) is 2.14. The van der Waals surface area contributed by atoms with Crippen molar-refractivity contribution < 1.29 is 9.50 Å². The SMILES string of the molecule is OC(Cc1ccc(Cl)c(F)c1)CC1CCC1. The van der Waals surface area contributed by atoms with Gasteiger partial charge in [0, 0.05) is 0 Å². The molecule has 0 bridgehead atoms. The zero-order chi connectivity index (χ0) is 11.5. The predicted octanol–water partition coefficient (Wildman–Crippen LogP) is 3.57. The maximum absolute atomic E-state index is 13.2. The van der Waals surface area contributed by atoms with E-state index in [1.165, 1.54) is 25.3 Å². The van der Waals surface area contributed by atoms with E-state index < -0.39 is 5.82 Å². The van der Waals surface area contributed by atoms with Gasteiger partial charge in [0.2, 0.25) is 0 Å². The lowest BCUT2D eigenvalue weighted by molar-refractivity contribution is 0.118. The summed E-state index contributed by atoms with van der Waals surface area (Å²) in [7, 11) is 0. The molecule has 3 heteroatoms. The molecule has 0 heterocycles. The molecule has 1 aliphatic carbocycles. The van der Waals surface area contributed by atoms with Gasteiger partial charge in [-0.25, -0.2) is 4.39 Å². The van der Waals surface area contributed by atoms with E-state index in [4.69, 9.17) is 11.6 Å². The molecule has 0 radical (unpaired) electrons. The molecule has 2 rings (SSSR count). The first-order chi connectivity index (χ1) is 7.65. The summed E-state index contributed by atoms with van der Waals surface area (Å²) >= 11 is 5.60. The standard InChI is InChI=1S/C13H16ClFO/c14-12-5-4-10(8-13(12)15)7-11(16)6-9-2-1-3-9/h4-5,8-9,11,16H,1-3,6-7H2. The predicted molar refractivity (Wildman–Crippen MR) is 63.1 cm³/mol. The summed E-state index contributed by atoms with van der Waals surface area (Å²) < 4.78 is 13.2. The highest BCUT2D eigenvalue weighted by Gasteiger charge is 2.21. The van der Waals surface area contributed by atoms with Crippen molar-refractivity contribution in [2.24, 2.45) is 5.92 Å². The Morgan fingerprint density at radius 2 is 2.19 bits per heavy atom. The molecule has 16 heavy (non-hydrogen) atoms. The summed E-state index contributed by atoms with van der Waals surface area (Å²) in [5, 5.41) is 9.98. The van der Waals surface area contributed by atoms with E-state index in [-0.39, 0.29) is 11.1 Å². The summed E-state index contributed by atoms with van der Waals surface area (Å²) in [6.07, 6.45) is 4.74. The first-order valence-corrected chi connectivity index (χ1v) is 6.15. The van der Waals surface area contributed by atoms with Gasteiger partial charge in [0.25, 0.3) is 0 Å². The molecule has 0 aliphatic heterocycles. The second-order valence-electron chi connectivity index (χ2n) is 4.64. The molecular formula is C13H16ClFO. The minimum Gasteiger partial charge on any atom is -0.393 e. The van der Waals surface area contributed by atoms with Gasteiger partial charge < -0.3 is 5.11 Å². The molecule has 1 nitrogen and oxygen atoms in total. The van der Waals surface area contributed by atoms with Crippen LogP contribution in [0.1, 0.15) is 31.2 Å². The average molecular weight is 243 g/mol. The highest BCUT2D eigenvalue weighted by molar-refractivity contribution is 6.30. The van der Waals surface area contributed by atoms with Crippen LogP contribution in [0.25, 0.3) is 0 Å². The van der Waals surface area contributed by atoms with Gasteiger partial charge in [-0.05, 0) is 36.5 Å². The fraction of sp³-hybridized carbons (Fsp3) is 0.538. The van der Waals surface area contributed by atoms with Gasteiger partial charge in [-0.15, -0.1) is 0 Å². The third kappa shape index (κ3) is 2.96. The van der Waals surface area contributed by atoms with Crippen LogP contribution in [0, 0.1) is 11.7 Å². The second-order valence-corrected chi connectivity index (χ2v) is 5.05. The Kier molecular flexibility index (Phi) is 3.82. The van der Waals surface area contributed by atoms with E-state index in [9.17, 15) is 9.50 Å². The van der Waals surface area contributed by atoms with E-state index in [0.29, 0.717) is 12.3 Å². The molecule has 0 aromatic heterocycles. The van der Waals surface area contributed by atoms with E-state index in [2.05, 4.69) is 0 Å². The van der Waals surface area contributed by atoms with E-state index in [1.807, 2.05) is 0 Å². The molecule has 1 aromatic rings. The molecule has 0 saturated heterocycles. The number of aliphatic hydroxyl groups is 1. The van der Waals surface area contributed by atoms with E-state index in [1.54, 1.807) is 12.1 Å². The monoisotopic (exact) mass is 242 g/mol. The van der Waals surface area contributed by atoms with Crippen LogP contribution in [0.2, 0.25) is 5.02 Å². The van der Waals surface area contributed by atoms with Crippen LogP contribution in [0.15, 0.2) is 18.2 Å². The summed E-state index contributed by atoms with van der Waals surface area (Å²) in [4.78, 5) is 0. The van der Waals surface area contributed by atoms with Crippen LogP contribution in [-0.4, -0.2) is 11.2 Å². The lowest BCUT2D eigenvalue weighted by atomic mass is 9.80. The number of aliphatic hydroxyl groups excluding tert-OH is 1. The highest BCUT2D eigenvalue weighted by Crippen LogP contribution is 2.31. The molecular weight excluding hydrogens is 227 g/mol. The van der Waals surface area contributed by atoms with Crippen LogP contribution < -0.4 is 0 Å². The van der Waals surface area contributed by atoms with Crippen LogP contribution in [0.3, 0.4) is 0 Å². The molecule has 0 amide bonds. The van der Waals surface area contributed by atoms with E-state index >= 15 is 0 Å². The van der Waals surface area contributed by atoms with Gasteiger partial charge in [-0.1, -0.05) is 36.9 Å². The van der Waals surface area contributed by atoms with Crippen LogP contribution >= 0.6 is 11.6 Å². The van der Waals surface area contributed by atoms with Gasteiger partial charge in [0.1, 0.15) is 5.82 Å². The first-order valence-electron chi connectivity index (χ1n) is 5.77. The van der Waals surface area contributed by atoms with Crippen molar-refractivity contribution in [2.75, 3.05) is 0 Å². The van der Waals surface area contributed by atoms with Gasteiger partial charge in [0.05, 0.1) is 11.1 Å². The molecule has 1 aromatic carbocycles. The first kappa shape index (κ1) is 11.9. The summed E-state index contributed by atoms with van der Waals surface area (Å²) in [6, 6.07) is 4.73. The average Bonchev–Trinajstić information content (AvgIpc) is 2.18. The Hall–Kier alpha value is -0.600. The van der Waals surface area contributed by atoms with Crippen LogP contribution in [0.4, 0.5) is 4.39 Å². The third-order valence-electron chi connectivity index (χ3n) is 3.29. The number of benzene rings is 1. The lowest BCUT2D eigenvalue weighted by Gasteiger charge is -2.27. The zero-order valence-electron chi connectivity index (χ0n) is 9.13. The molecule has 0 spiro atoms. The Bertz CT molecular complexity index is 363. The van der Waals surface area contributed by atoms with Crippen molar-refractivity contribution in [1.29, 1.82) is 0 Å². The number of hydrogen-bond donors (Lipinski definition) is 1. The molecule has 1 N–H and O–H groups in total. The van der Waals surface area contributed by atoms with Gasteiger partial charge in [-0.2, -0.15) is 0 Å². The zero-order valence-corrected chi connectivity index (χ0v) is 9.88. The molecule has 1 atom stereocenters. The Balaban J connectivity index is 1.89. The van der Waals surface area contributed by atoms with Crippen molar-refractivity contribution in [2.45, 2.75) is 38.2 Å². The fourth-order valence-corrected chi connectivity index (χ4v) is 2.25. The Labute approximate surface area is 100 Å². The second kappa shape index (κ2) is 5.15. The summed E-state index contributed by atoms with van der Waals surface area (Å²) in [5.74, 6) is 0.266. The van der Waals surface area contributed by atoms with Crippen molar-refractivity contribution in [3.8, 4) is 0 Å². The molecule has 1 aliphatic rings. The number of hydrogen-bond acceptors (Lipinski definition) is 1. The van der Waals surface area contributed by atoms with Gasteiger partial charge in [-0.3, -0.25) is 0 Å². The molecule has 1 saturated carbocycles. The maximum atomic E-state index is 13.2. The van der Waals surface area contributed by atoms with Crippen LogP contribution in [0.5, 0.6) is 0 Å². The smallest absolute Gasteiger partial charge is 0.142 e. The van der Waals surface area contributed by atoms with Crippen molar-refractivity contribution >= 4 is 11.6 Å². The van der Waals surface area contributed by atoms with Crippen molar-refractivity contribution in [3.05, 3.63) is 34.6 Å². The minimum atomic E-state index is -0.407. The normalized spacial score (nSPS) is 18.2. The maximum Gasteiger partial charge on any atom is 0.142 e. The number of halogens is 2. The third-order valence-corrected chi connectivity index (χ3v) is 3.59. The molecule has 88 valence electrons. The minimum absolute atomic E-state index is 0.136. The van der Waals surface area contributed by atoms with Crippen LogP contribution in [-0.2, 0) is 6.42 Å². The quantitative estimate of drug-likeness (QED) is 0.856. The molecule has 1 fully saturated rings. The topological polar surface area (TPSA) is 20.2 Å². The largest absolute Gasteiger partial charge is 0.393 e. The summed E-state index contributed by atoms with van der Waals surface area (Å²) in [5.41, 5.74) is 0.814. The van der Waals surface area contributed by atoms with Gasteiger partial charge >= 0.3 is 0 Å². The Morgan fingerprint density at radius 1 is 1.44 bits per heavy atom. The number of rotatable bonds is 4. The van der Waals surface area contributed by atoms with E-state index in [0.717, 1.165) is 12.0 Å².